The van der Waals surface area contributed by atoms with Gasteiger partial charge in [-0.3, -0.25) is 4.79 Å². The monoisotopic (exact) mass is 227 g/mol. The molecule has 1 aromatic rings. The van der Waals surface area contributed by atoms with Crippen LogP contribution in [-0.2, 0) is 16.0 Å². The van der Waals surface area contributed by atoms with Gasteiger partial charge in [0.25, 0.3) is 0 Å². The van der Waals surface area contributed by atoms with Crippen LogP contribution >= 0.6 is 11.3 Å². The largest absolute Gasteiger partial charge is 0.469 e. The van der Waals surface area contributed by atoms with Crippen molar-refractivity contribution in [3.05, 3.63) is 16.1 Å². The van der Waals surface area contributed by atoms with Crippen molar-refractivity contribution in [2.75, 3.05) is 7.11 Å². The first-order valence-electron chi connectivity index (χ1n) is 5.06. The summed E-state index contributed by atoms with van der Waals surface area (Å²) in [7, 11) is 1.42. The number of hydrogen-bond donors (Lipinski definition) is 0. The molecule has 1 unspecified atom stereocenters. The second-order valence-corrected chi connectivity index (χ2v) is 4.89. The molecule has 0 aliphatic heterocycles. The molecule has 0 amide bonds. The maximum absolute atomic E-state index is 11.2. The van der Waals surface area contributed by atoms with E-state index in [9.17, 15) is 4.79 Å². The summed E-state index contributed by atoms with van der Waals surface area (Å²) < 4.78 is 4.68. The third-order valence-electron chi connectivity index (χ3n) is 2.25. The van der Waals surface area contributed by atoms with Gasteiger partial charge in [-0.05, 0) is 5.92 Å². The molecule has 0 saturated carbocycles. The summed E-state index contributed by atoms with van der Waals surface area (Å²) in [4.78, 5) is 15.7. The summed E-state index contributed by atoms with van der Waals surface area (Å²) in [5.41, 5.74) is 1.10. The topological polar surface area (TPSA) is 39.2 Å². The lowest BCUT2D eigenvalue weighted by Crippen LogP contribution is -2.15. The average molecular weight is 227 g/mol. The number of ether oxygens (including phenoxy) is 1. The first-order valence-corrected chi connectivity index (χ1v) is 5.94. The molecule has 0 bridgehead atoms. The highest BCUT2D eigenvalue weighted by molar-refractivity contribution is 7.09. The van der Waals surface area contributed by atoms with Crippen molar-refractivity contribution in [1.82, 2.24) is 4.98 Å². The highest BCUT2D eigenvalue weighted by Crippen LogP contribution is 2.20. The molecule has 0 fully saturated rings. The molecule has 0 aliphatic rings. The lowest BCUT2D eigenvalue weighted by atomic mass is 10.1. The van der Waals surface area contributed by atoms with Crippen LogP contribution in [0.25, 0.3) is 0 Å². The molecule has 3 nitrogen and oxygen atoms in total. The van der Waals surface area contributed by atoms with Gasteiger partial charge in [-0.2, -0.15) is 0 Å². The Morgan fingerprint density at radius 1 is 1.53 bits per heavy atom. The number of carbonyl (C=O) groups is 1. The lowest BCUT2D eigenvalue weighted by Gasteiger charge is -2.06. The molecule has 0 aliphatic carbocycles. The van der Waals surface area contributed by atoms with Crippen LogP contribution in [0.5, 0.6) is 0 Å². The van der Waals surface area contributed by atoms with Gasteiger partial charge in [-0.1, -0.05) is 20.8 Å². The predicted molar refractivity (Wildman–Crippen MR) is 61.1 cm³/mol. The molecule has 84 valence electrons. The Bertz CT molecular complexity index is 333. The van der Waals surface area contributed by atoms with Crippen molar-refractivity contribution in [1.29, 1.82) is 0 Å². The zero-order valence-electron chi connectivity index (χ0n) is 9.61. The van der Waals surface area contributed by atoms with Crippen LogP contribution in [-0.4, -0.2) is 18.1 Å². The van der Waals surface area contributed by atoms with Crippen LogP contribution in [0.4, 0.5) is 0 Å². The zero-order chi connectivity index (χ0) is 11.4. The molecular formula is C11H17NO2S. The Labute approximate surface area is 94.5 Å². The number of aromatic nitrogens is 1. The summed E-state index contributed by atoms with van der Waals surface area (Å²) in [6.07, 6.45) is 0.671. The molecule has 0 spiro atoms. The highest BCUT2D eigenvalue weighted by atomic mass is 32.1. The van der Waals surface area contributed by atoms with Crippen molar-refractivity contribution in [3.8, 4) is 0 Å². The number of esters is 1. The fourth-order valence-corrected chi connectivity index (χ4v) is 2.32. The van der Waals surface area contributed by atoms with E-state index in [1.54, 1.807) is 11.3 Å². The van der Waals surface area contributed by atoms with Crippen LogP contribution in [0.2, 0.25) is 0 Å². The van der Waals surface area contributed by atoms with E-state index >= 15 is 0 Å². The minimum absolute atomic E-state index is 0.110. The Balaban J connectivity index is 2.61. The van der Waals surface area contributed by atoms with Gasteiger partial charge in [0.1, 0.15) is 0 Å². The van der Waals surface area contributed by atoms with Gasteiger partial charge in [-0.15, -0.1) is 11.3 Å². The third-order valence-corrected chi connectivity index (χ3v) is 3.13. The number of methoxy groups -OCH3 is 1. The summed E-state index contributed by atoms with van der Waals surface area (Å²) in [6, 6.07) is 0. The lowest BCUT2D eigenvalue weighted by molar-refractivity contribution is -0.144. The van der Waals surface area contributed by atoms with Crippen molar-refractivity contribution in [2.45, 2.75) is 33.1 Å². The Kier molecular flexibility index (Phi) is 4.27. The van der Waals surface area contributed by atoms with Crippen molar-refractivity contribution >= 4 is 17.3 Å². The fourth-order valence-electron chi connectivity index (χ4n) is 1.23. The molecule has 15 heavy (non-hydrogen) atoms. The number of carbonyl (C=O) groups excluding carboxylic acids is 1. The van der Waals surface area contributed by atoms with E-state index in [0.717, 1.165) is 10.7 Å². The van der Waals surface area contributed by atoms with Crippen LogP contribution in [0.1, 0.15) is 37.4 Å². The van der Waals surface area contributed by atoms with E-state index in [4.69, 9.17) is 0 Å². The van der Waals surface area contributed by atoms with Gasteiger partial charge in [0.05, 0.1) is 23.7 Å². The van der Waals surface area contributed by atoms with Crippen LogP contribution in [0.3, 0.4) is 0 Å². The number of hydrogen-bond acceptors (Lipinski definition) is 4. The predicted octanol–water partition coefficient (Wildman–Crippen LogP) is 2.62. The van der Waals surface area contributed by atoms with E-state index in [1.165, 1.54) is 7.11 Å². The quantitative estimate of drug-likeness (QED) is 0.742. The minimum atomic E-state index is -0.170. The maximum atomic E-state index is 11.2. The molecule has 0 aromatic carbocycles. The summed E-state index contributed by atoms with van der Waals surface area (Å²) in [6.45, 7) is 6.09. The van der Waals surface area contributed by atoms with Crippen molar-refractivity contribution in [2.24, 2.45) is 5.92 Å². The van der Waals surface area contributed by atoms with Crippen molar-refractivity contribution in [3.63, 3.8) is 0 Å². The van der Waals surface area contributed by atoms with Crippen LogP contribution in [0, 0.1) is 5.92 Å². The fraction of sp³-hybridized carbons (Fsp3) is 0.636. The average Bonchev–Trinajstić information content (AvgIpc) is 2.65. The second-order valence-electron chi connectivity index (χ2n) is 3.95. The Morgan fingerprint density at radius 3 is 2.67 bits per heavy atom. The first kappa shape index (κ1) is 12.2. The van der Waals surface area contributed by atoms with E-state index < -0.39 is 0 Å². The summed E-state index contributed by atoms with van der Waals surface area (Å²) >= 11 is 1.62. The molecule has 1 aromatic heterocycles. The van der Waals surface area contributed by atoms with E-state index in [2.05, 4.69) is 28.9 Å². The van der Waals surface area contributed by atoms with Gasteiger partial charge in [0.15, 0.2) is 0 Å². The molecule has 0 radical (unpaired) electrons. The smallest absolute Gasteiger partial charge is 0.308 e. The SMILES string of the molecule is COC(=O)C(C)Cc1nc(C(C)C)cs1. The number of rotatable bonds is 4. The van der Waals surface area contributed by atoms with E-state index in [-0.39, 0.29) is 11.9 Å². The molecular weight excluding hydrogens is 210 g/mol. The molecule has 1 atom stereocenters. The van der Waals surface area contributed by atoms with Crippen molar-refractivity contribution < 1.29 is 9.53 Å². The number of nitrogens with zero attached hydrogens (tertiary/aromatic N) is 1. The summed E-state index contributed by atoms with van der Waals surface area (Å²) in [5.74, 6) is 0.167. The second kappa shape index (κ2) is 5.26. The third kappa shape index (κ3) is 3.30. The van der Waals surface area contributed by atoms with Gasteiger partial charge in [-0.25, -0.2) is 4.98 Å². The molecule has 1 rings (SSSR count). The zero-order valence-corrected chi connectivity index (χ0v) is 10.4. The standard InChI is InChI=1S/C11H17NO2S/c1-7(2)9-6-15-10(12-9)5-8(3)11(13)14-4/h6-8H,5H2,1-4H3. The van der Waals surface area contributed by atoms with Crippen LogP contribution in [0.15, 0.2) is 5.38 Å². The highest BCUT2D eigenvalue weighted by Gasteiger charge is 2.16. The maximum Gasteiger partial charge on any atom is 0.308 e. The summed E-state index contributed by atoms with van der Waals surface area (Å²) in [5, 5.41) is 3.07. The Hall–Kier alpha value is -0.900. The van der Waals surface area contributed by atoms with Gasteiger partial charge >= 0.3 is 5.97 Å². The molecule has 1 heterocycles. The minimum Gasteiger partial charge on any atom is -0.469 e. The van der Waals surface area contributed by atoms with Crippen LogP contribution < -0.4 is 0 Å². The molecule has 0 N–H and O–H groups in total. The number of thiazole rings is 1. The van der Waals surface area contributed by atoms with E-state index in [1.807, 2.05) is 6.92 Å². The first-order chi connectivity index (χ1) is 7.04. The van der Waals surface area contributed by atoms with E-state index in [0.29, 0.717) is 12.3 Å². The van der Waals surface area contributed by atoms with Gasteiger partial charge < -0.3 is 4.74 Å². The van der Waals surface area contributed by atoms with Gasteiger partial charge in [0.2, 0.25) is 0 Å². The van der Waals surface area contributed by atoms with Gasteiger partial charge in [0, 0.05) is 11.8 Å². The Morgan fingerprint density at radius 2 is 2.20 bits per heavy atom. The molecule has 4 heteroatoms. The molecule has 0 saturated heterocycles. The normalized spacial score (nSPS) is 12.9.